The van der Waals surface area contributed by atoms with Crippen LogP contribution in [0.5, 0.6) is 0 Å². The molecule has 0 saturated carbocycles. The summed E-state index contributed by atoms with van der Waals surface area (Å²) >= 11 is 4.21. The normalized spacial score (nSPS) is 9.46. The molecular formula is C9H11NO2S. The second-order valence-corrected chi connectivity index (χ2v) is 2.96. The average molecular weight is 197 g/mol. The number of esters is 1. The number of carbonyl (C=O) groups excluding carboxylic acids is 1. The van der Waals surface area contributed by atoms with E-state index in [4.69, 9.17) is 0 Å². The summed E-state index contributed by atoms with van der Waals surface area (Å²) < 4.78 is 4.57. The standard InChI is InChI=1S/C9H11NO2S/c1-10-7-4-3-6(5-8(7)13)9(11)12-2/h3-5,10,13H,1-2H3. The minimum Gasteiger partial charge on any atom is -0.465 e. The number of rotatable bonds is 2. The van der Waals surface area contributed by atoms with E-state index in [9.17, 15) is 4.79 Å². The van der Waals surface area contributed by atoms with Crippen molar-refractivity contribution in [2.24, 2.45) is 0 Å². The van der Waals surface area contributed by atoms with Crippen molar-refractivity contribution in [3.8, 4) is 0 Å². The molecule has 0 heterocycles. The number of nitrogens with one attached hydrogen (secondary N) is 1. The predicted octanol–water partition coefficient (Wildman–Crippen LogP) is 1.80. The van der Waals surface area contributed by atoms with Crippen molar-refractivity contribution < 1.29 is 9.53 Å². The summed E-state index contributed by atoms with van der Waals surface area (Å²) in [5.74, 6) is -0.349. The first-order valence-corrected chi connectivity index (χ1v) is 4.23. The van der Waals surface area contributed by atoms with Crippen molar-refractivity contribution in [2.45, 2.75) is 4.90 Å². The van der Waals surface area contributed by atoms with Crippen molar-refractivity contribution in [1.82, 2.24) is 0 Å². The van der Waals surface area contributed by atoms with Gasteiger partial charge in [0.05, 0.1) is 12.7 Å². The van der Waals surface area contributed by atoms with Crippen LogP contribution in [0.3, 0.4) is 0 Å². The number of ether oxygens (including phenoxy) is 1. The summed E-state index contributed by atoms with van der Waals surface area (Å²) in [7, 11) is 3.15. The van der Waals surface area contributed by atoms with Gasteiger partial charge >= 0.3 is 5.97 Å². The van der Waals surface area contributed by atoms with E-state index in [2.05, 4.69) is 22.7 Å². The van der Waals surface area contributed by atoms with E-state index >= 15 is 0 Å². The summed E-state index contributed by atoms with van der Waals surface area (Å²) in [6, 6.07) is 5.15. The van der Waals surface area contributed by atoms with Gasteiger partial charge in [0, 0.05) is 17.6 Å². The number of thiol groups is 1. The molecule has 1 aromatic carbocycles. The molecular weight excluding hydrogens is 186 g/mol. The van der Waals surface area contributed by atoms with E-state index in [0.717, 1.165) is 10.6 Å². The van der Waals surface area contributed by atoms with Gasteiger partial charge in [0.1, 0.15) is 0 Å². The maximum Gasteiger partial charge on any atom is 0.337 e. The van der Waals surface area contributed by atoms with Crippen LogP contribution in [0.25, 0.3) is 0 Å². The second-order valence-electron chi connectivity index (χ2n) is 2.47. The van der Waals surface area contributed by atoms with Crippen molar-refractivity contribution in [3.05, 3.63) is 23.8 Å². The number of carbonyl (C=O) groups is 1. The number of benzene rings is 1. The number of anilines is 1. The second kappa shape index (κ2) is 4.18. The summed E-state index contributed by atoms with van der Waals surface area (Å²) in [5, 5.41) is 2.95. The van der Waals surface area contributed by atoms with Gasteiger partial charge < -0.3 is 10.1 Å². The van der Waals surface area contributed by atoms with Crippen molar-refractivity contribution >= 4 is 24.3 Å². The Balaban J connectivity index is 3.02. The molecule has 0 atom stereocenters. The molecule has 4 heteroatoms. The molecule has 0 unspecified atom stereocenters. The lowest BCUT2D eigenvalue weighted by atomic mass is 10.2. The molecule has 0 spiro atoms. The van der Waals surface area contributed by atoms with E-state index in [0.29, 0.717) is 5.56 Å². The van der Waals surface area contributed by atoms with Crippen LogP contribution < -0.4 is 5.32 Å². The molecule has 0 aliphatic carbocycles. The summed E-state index contributed by atoms with van der Waals surface area (Å²) in [6.45, 7) is 0. The molecule has 70 valence electrons. The zero-order chi connectivity index (χ0) is 9.84. The van der Waals surface area contributed by atoms with Crippen LogP contribution in [0.15, 0.2) is 23.1 Å². The zero-order valence-corrected chi connectivity index (χ0v) is 8.39. The summed E-state index contributed by atoms with van der Waals surface area (Å²) in [5.41, 5.74) is 1.39. The third kappa shape index (κ3) is 2.15. The maximum absolute atomic E-state index is 11.1. The van der Waals surface area contributed by atoms with E-state index in [1.165, 1.54) is 7.11 Å². The van der Waals surface area contributed by atoms with Gasteiger partial charge in [-0.1, -0.05) is 0 Å². The Labute approximate surface area is 82.5 Å². The molecule has 0 fully saturated rings. The van der Waals surface area contributed by atoms with E-state index in [-0.39, 0.29) is 5.97 Å². The van der Waals surface area contributed by atoms with E-state index in [1.54, 1.807) is 25.2 Å². The van der Waals surface area contributed by atoms with Crippen LogP contribution in [0.2, 0.25) is 0 Å². The molecule has 0 aliphatic heterocycles. The molecule has 13 heavy (non-hydrogen) atoms. The van der Waals surface area contributed by atoms with Crippen LogP contribution in [-0.2, 0) is 4.74 Å². The average Bonchev–Trinajstić information content (AvgIpc) is 2.16. The van der Waals surface area contributed by atoms with E-state index in [1.807, 2.05) is 0 Å². The van der Waals surface area contributed by atoms with Crippen LogP contribution in [0.4, 0.5) is 5.69 Å². The fourth-order valence-electron chi connectivity index (χ4n) is 0.988. The molecule has 0 amide bonds. The van der Waals surface area contributed by atoms with Gasteiger partial charge in [-0.05, 0) is 18.2 Å². The van der Waals surface area contributed by atoms with Crippen LogP contribution in [0, 0.1) is 0 Å². The number of hydrogen-bond donors (Lipinski definition) is 2. The highest BCUT2D eigenvalue weighted by molar-refractivity contribution is 7.80. The van der Waals surface area contributed by atoms with Gasteiger partial charge in [-0.25, -0.2) is 4.79 Å². The quantitative estimate of drug-likeness (QED) is 0.561. The van der Waals surface area contributed by atoms with Crippen molar-refractivity contribution in [1.29, 1.82) is 0 Å². The fraction of sp³-hybridized carbons (Fsp3) is 0.222. The Kier molecular flexibility index (Phi) is 3.19. The summed E-state index contributed by atoms with van der Waals surface area (Å²) in [6.07, 6.45) is 0. The van der Waals surface area contributed by atoms with E-state index < -0.39 is 0 Å². The summed E-state index contributed by atoms with van der Waals surface area (Å²) in [4.78, 5) is 11.8. The zero-order valence-electron chi connectivity index (χ0n) is 7.50. The highest BCUT2D eigenvalue weighted by Gasteiger charge is 2.06. The van der Waals surface area contributed by atoms with Gasteiger partial charge in [-0.2, -0.15) is 0 Å². The molecule has 1 aromatic rings. The largest absolute Gasteiger partial charge is 0.465 e. The molecule has 0 aliphatic rings. The first-order valence-electron chi connectivity index (χ1n) is 3.78. The topological polar surface area (TPSA) is 38.3 Å². The molecule has 0 aromatic heterocycles. The highest BCUT2D eigenvalue weighted by atomic mass is 32.1. The van der Waals surface area contributed by atoms with Crippen molar-refractivity contribution in [3.63, 3.8) is 0 Å². The van der Waals surface area contributed by atoms with Gasteiger partial charge in [0.25, 0.3) is 0 Å². The minimum atomic E-state index is -0.349. The molecule has 0 bridgehead atoms. The Morgan fingerprint density at radius 2 is 2.23 bits per heavy atom. The smallest absolute Gasteiger partial charge is 0.337 e. The Morgan fingerprint density at radius 3 is 2.69 bits per heavy atom. The predicted molar refractivity (Wildman–Crippen MR) is 54.6 cm³/mol. The lowest BCUT2D eigenvalue weighted by Gasteiger charge is -2.05. The molecule has 0 saturated heterocycles. The monoisotopic (exact) mass is 197 g/mol. The SMILES string of the molecule is CNc1ccc(C(=O)OC)cc1S. The van der Waals surface area contributed by atoms with Gasteiger partial charge in [-0.3, -0.25) is 0 Å². The van der Waals surface area contributed by atoms with Gasteiger partial charge in [0.15, 0.2) is 0 Å². The first kappa shape index (κ1) is 9.92. The Bertz CT molecular complexity index is 325. The molecule has 1 rings (SSSR count). The van der Waals surface area contributed by atoms with Gasteiger partial charge in [-0.15, -0.1) is 12.6 Å². The molecule has 1 N–H and O–H groups in total. The Hall–Kier alpha value is -1.16. The third-order valence-electron chi connectivity index (χ3n) is 1.69. The van der Waals surface area contributed by atoms with Crippen LogP contribution >= 0.6 is 12.6 Å². The minimum absolute atomic E-state index is 0.349. The van der Waals surface area contributed by atoms with Crippen LogP contribution in [-0.4, -0.2) is 20.1 Å². The molecule has 0 radical (unpaired) electrons. The first-order chi connectivity index (χ1) is 6.19. The maximum atomic E-state index is 11.1. The highest BCUT2D eigenvalue weighted by Crippen LogP contribution is 2.20. The number of methoxy groups -OCH3 is 1. The van der Waals surface area contributed by atoms with Crippen molar-refractivity contribution in [2.75, 3.05) is 19.5 Å². The third-order valence-corrected chi connectivity index (χ3v) is 2.06. The molecule has 3 nitrogen and oxygen atoms in total. The fourth-order valence-corrected chi connectivity index (χ4v) is 1.31. The lowest BCUT2D eigenvalue weighted by molar-refractivity contribution is 0.0600. The number of hydrogen-bond acceptors (Lipinski definition) is 4. The van der Waals surface area contributed by atoms with Gasteiger partial charge in [0.2, 0.25) is 0 Å². The lowest BCUT2D eigenvalue weighted by Crippen LogP contribution is -2.01. The Morgan fingerprint density at radius 1 is 1.54 bits per heavy atom. The van der Waals surface area contributed by atoms with Crippen LogP contribution in [0.1, 0.15) is 10.4 Å².